The van der Waals surface area contributed by atoms with Gasteiger partial charge in [-0.15, -0.1) is 0 Å². The quantitative estimate of drug-likeness (QED) is 0.736. The summed E-state index contributed by atoms with van der Waals surface area (Å²) in [5.41, 5.74) is 5.54. The van der Waals surface area contributed by atoms with Crippen LogP contribution in [0, 0.1) is 20.8 Å². The van der Waals surface area contributed by atoms with E-state index in [0.717, 1.165) is 23.4 Å². The van der Waals surface area contributed by atoms with Gasteiger partial charge in [0.2, 0.25) is 0 Å². The average molecular weight is 294 g/mol. The van der Waals surface area contributed by atoms with Gasteiger partial charge in [-0.3, -0.25) is 0 Å². The molecule has 5 heteroatoms. The number of carbonyl (C=O) groups excluding carboxylic acids is 1. The van der Waals surface area contributed by atoms with Gasteiger partial charge >= 0.3 is 0 Å². The highest BCUT2D eigenvalue weighted by atomic mass is 16.4. The van der Waals surface area contributed by atoms with E-state index in [4.69, 9.17) is 0 Å². The molecule has 0 radical (unpaired) electrons. The van der Waals surface area contributed by atoms with Crippen LogP contribution in [-0.2, 0) is 6.42 Å². The molecule has 0 aliphatic rings. The first-order chi connectivity index (χ1) is 10.5. The summed E-state index contributed by atoms with van der Waals surface area (Å²) < 4.78 is 1.57. The van der Waals surface area contributed by atoms with E-state index in [9.17, 15) is 9.90 Å². The lowest BCUT2D eigenvalue weighted by molar-refractivity contribution is -0.254. The second-order valence-electron chi connectivity index (χ2n) is 5.51. The van der Waals surface area contributed by atoms with Crippen molar-refractivity contribution >= 4 is 11.6 Å². The Kier molecular flexibility index (Phi) is 3.41. The number of aromatic carboxylic acids is 1. The van der Waals surface area contributed by atoms with Gasteiger partial charge in [0.25, 0.3) is 0 Å². The molecule has 0 bridgehead atoms. The Morgan fingerprint density at radius 1 is 1.27 bits per heavy atom. The summed E-state index contributed by atoms with van der Waals surface area (Å²) in [6.07, 6.45) is 2.03. The number of carbonyl (C=O) groups is 1. The molecule has 5 nitrogen and oxygen atoms in total. The van der Waals surface area contributed by atoms with Crippen molar-refractivity contribution in [3.05, 3.63) is 64.1 Å². The zero-order valence-electron chi connectivity index (χ0n) is 12.8. The predicted molar refractivity (Wildman–Crippen MR) is 80.8 cm³/mol. The Bertz CT molecular complexity index is 881. The fourth-order valence-electron chi connectivity index (χ4n) is 2.74. The number of hydrogen-bond donors (Lipinski definition) is 0. The lowest BCUT2D eigenvalue weighted by Gasteiger charge is -2.12. The molecule has 2 heterocycles. The van der Waals surface area contributed by atoms with Crippen LogP contribution in [-0.4, -0.2) is 20.6 Å². The van der Waals surface area contributed by atoms with Crippen molar-refractivity contribution in [1.82, 2.24) is 14.6 Å². The van der Waals surface area contributed by atoms with Gasteiger partial charge in [-0.25, -0.2) is 9.50 Å². The predicted octanol–water partition coefficient (Wildman–Crippen LogP) is 1.61. The molecule has 0 saturated heterocycles. The molecule has 0 aliphatic heterocycles. The third-order valence-electron chi connectivity index (χ3n) is 3.89. The van der Waals surface area contributed by atoms with E-state index in [1.807, 2.05) is 19.9 Å². The molecule has 0 aliphatic carbocycles. The molecule has 0 spiro atoms. The minimum atomic E-state index is -1.26. The van der Waals surface area contributed by atoms with Gasteiger partial charge in [0.05, 0.1) is 17.7 Å². The normalized spacial score (nSPS) is 11.0. The maximum absolute atomic E-state index is 11.1. The van der Waals surface area contributed by atoms with Crippen LogP contribution in [0.1, 0.15) is 38.4 Å². The zero-order valence-corrected chi connectivity index (χ0v) is 12.8. The molecule has 2 aromatic heterocycles. The van der Waals surface area contributed by atoms with Crippen molar-refractivity contribution in [1.29, 1.82) is 0 Å². The lowest BCUT2D eigenvalue weighted by atomic mass is 10.0. The average Bonchev–Trinajstić information content (AvgIpc) is 2.87. The van der Waals surface area contributed by atoms with Crippen LogP contribution in [0.25, 0.3) is 5.65 Å². The number of nitrogens with zero attached hydrogens (tertiary/aromatic N) is 3. The number of aromatic nitrogens is 3. The summed E-state index contributed by atoms with van der Waals surface area (Å²) in [5, 5.41) is 15.2. The van der Waals surface area contributed by atoms with E-state index in [1.165, 1.54) is 17.3 Å². The lowest BCUT2D eigenvalue weighted by Crippen LogP contribution is -2.22. The Morgan fingerprint density at radius 2 is 2.05 bits per heavy atom. The molecule has 0 atom stereocenters. The Hall–Kier alpha value is -2.69. The van der Waals surface area contributed by atoms with Crippen molar-refractivity contribution in [2.24, 2.45) is 0 Å². The summed E-state index contributed by atoms with van der Waals surface area (Å²) in [6.45, 7) is 5.88. The van der Waals surface area contributed by atoms with Gasteiger partial charge in [0, 0.05) is 17.8 Å². The number of carboxylic acid groups (broad SMARTS) is 1. The highest BCUT2D eigenvalue weighted by Crippen LogP contribution is 2.20. The van der Waals surface area contributed by atoms with Crippen molar-refractivity contribution in [2.45, 2.75) is 27.2 Å². The van der Waals surface area contributed by atoms with Crippen LogP contribution < -0.4 is 5.11 Å². The smallest absolute Gasteiger partial charge is 0.164 e. The van der Waals surface area contributed by atoms with E-state index < -0.39 is 5.97 Å². The summed E-state index contributed by atoms with van der Waals surface area (Å²) >= 11 is 0. The third kappa shape index (κ3) is 2.35. The standard InChI is InChI=1S/C17H17N3O2/c1-10-5-4-6-13(7-10)8-14-11(2)19-16-15(17(21)22)9-18-20(16)12(14)3/h4-7,9H,8H2,1-3H3,(H,21,22)/p-1. The monoisotopic (exact) mass is 294 g/mol. The van der Waals surface area contributed by atoms with Gasteiger partial charge in [0.1, 0.15) is 0 Å². The minimum absolute atomic E-state index is 0.0216. The number of benzene rings is 1. The van der Waals surface area contributed by atoms with Gasteiger partial charge in [0.15, 0.2) is 5.65 Å². The first-order valence-corrected chi connectivity index (χ1v) is 7.08. The molecule has 112 valence electrons. The summed E-state index contributed by atoms with van der Waals surface area (Å²) in [5.74, 6) is -1.26. The molecule has 0 fully saturated rings. The summed E-state index contributed by atoms with van der Waals surface area (Å²) in [6, 6.07) is 8.30. The molecule has 0 saturated carbocycles. The maximum atomic E-state index is 11.1. The number of aryl methyl sites for hydroxylation is 3. The highest BCUT2D eigenvalue weighted by molar-refractivity contribution is 5.92. The van der Waals surface area contributed by atoms with Crippen molar-refractivity contribution in [2.75, 3.05) is 0 Å². The zero-order chi connectivity index (χ0) is 15.9. The molecule has 0 amide bonds. The summed E-state index contributed by atoms with van der Waals surface area (Å²) in [7, 11) is 0. The van der Waals surface area contributed by atoms with Gasteiger partial charge in [-0.2, -0.15) is 5.10 Å². The SMILES string of the molecule is Cc1cccc(Cc2c(C)nc3c(C(=O)[O-])cnn3c2C)c1. The second-order valence-corrected chi connectivity index (χ2v) is 5.51. The van der Waals surface area contributed by atoms with E-state index in [2.05, 4.69) is 35.2 Å². The number of fused-ring (bicyclic) bond motifs is 1. The number of hydrogen-bond acceptors (Lipinski definition) is 4. The fraction of sp³-hybridized carbons (Fsp3) is 0.235. The van der Waals surface area contributed by atoms with Crippen LogP contribution in [0.2, 0.25) is 0 Å². The van der Waals surface area contributed by atoms with Crippen molar-refractivity contribution in [3.8, 4) is 0 Å². The molecule has 3 aromatic rings. The molecule has 3 rings (SSSR count). The Labute approximate surface area is 128 Å². The minimum Gasteiger partial charge on any atom is -0.545 e. The van der Waals surface area contributed by atoms with Crippen LogP contribution in [0.4, 0.5) is 0 Å². The number of carboxylic acids is 1. The Balaban J connectivity index is 2.13. The van der Waals surface area contributed by atoms with Gasteiger partial charge in [-0.05, 0) is 31.9 Å². The Morgan fingerprint density at radius 3 is 2.73 bits per heavy atom. The third-order valence-corrected chi connectivity index (χ3v) is 3.89. The first-order valence-electron chi connectivity index (χ1n) is 7.08. The van der Waals surface area contributed by atoms with E-state index in [0.29, 0.717) is 5.65 Å². The molecule has 22 heavy (non-hydrogen) atoms. The van der Waals surface area contributed by atoms with Crippen LogP contribution in [0.15, 0.2) is 30.5 Å². The molecule has 0 N–H and O–H groups in total. The maximum Gasteiger partial charge on any atom is 0.164 e. The van der Waals surface area contributed by atoms with Crippen LogP contribution in [0.3, 0.4) is 0 Å². The first kappa shape index (κ1) is 14.3. The highest BCUT2D eigenvalue weighted by Gasteiger charge is 2.14. The van der Waals surface area contributed by atoms with Crippen LogP contribution >= 0.6 is 0 Å². The number of rotatable bonds is 3. The topological polar surface area (TPSA) is 70.3 Å². The summed E-state index contributed by atoms with van der Waals surface area (Å²) in [4.78, 5) is 15.5. The fourth-order valence-corrected chi connectivity index (χ4v) is 2.74. The molecular weight excluding hydrogens is 278 g/mol. The second kappa shape index (κ2) is 5.26. The molecule has 1 aromatic carbocycles. The molecule has 0 unspecified atom stereocenters. The van der Waals surface area contributed by atoms with Gasteiger partial charge < -0.3 is 9.90 Å². The largest absolute Gasteiger partial charge is 0.545 e. The van der Waals surface area contributed by atoms with Crippen molar-refractivity contribution < 1.29 is 9.90 Å². The van der Waals surface area contributed by atoms with E-state index in [1.54, 1.807) is 4.52 Å². The van der Waals surface area contributed by atoms with E-state index in [-0.39, 0.29) is 5.56 Å². The van der Waals surface area contributed by atoms with E-state index >= 15 is 0 Å². The molecular formula is C17H16N3O2-. The van der Waals surface area contributed by atoms with Gasteiger partial charge in [-0.1, -0.05) is 29.8 Å². The van der Waals surface area contributed by atoms with Crippen molar-refractivity contribution in [3.63, 3.8) is 0 Å². The van der Waals surface area contributed by atoms with Crippen LogP contribution in [0.5, 0.6) is 0 Å².